The lowest BCUT2D eigenvalue weighted by Crippen LogP contribution is -2.42. The first kappa shape index (κ1) is 31.7. The van der Waals surface area contributed by atoms with Gasteiger partial charge in [0.15, 0.2) is 5.60 Å². The minimum Gasteiger partial charge on any atom is -0.481 e. The summed E-state index contributed by atoms with van der Waals surface area (Å²) in [7, 11) is 0. The molecule has 2 rings (SSSR count). The summed E-state index contributed by atoms with van der Waals surface area (Å²) < 4.78 is 0. The first-order valence-corrected chi connectivity index (χ1v) is 11.3. The Morgan fingerprint density at radius 1 is 0.971 bits per heavy atom. The van der Waals surface area contributed by atoms with Crippen molar-refractivity contribution < 1.29 is 39.9 Å². The van der Waals surface area contributed by atoms with Crippen molar-refractivity contribution in [2.75, 3.05) is 38.1 Å². The molecule has 2 aromatic rings. The molecule has 0 fully saturated rings. The zero-order chi connectivity index (χ0) is 26.9. The van der Waals surface area contributed by atoms with Crippen LogP contribution in [0.3, 0.4) is 0 Å². The second-order valence-electron chi connectivity index (χ2n) is 7.48. The van der Waals surface area contributed by atoms with Crippen LogP contribution in [0.15, 0.2) is 36.5 Å². The molecule has 11 nitrogen and oxygen atoms in total. The number of carboxylic acids is 3. The summed E-state index contributed by atoms with van der Waals surface area (Å²) in [6.07, 6.45) is 0.720. The van der Waals surface area contributed by atoms with Gasteiger partial charge in [-0.2, -0.15) is 0 Å². The van der Waals surface area contributed by atoms with Gasteiger partial charge in [-0.25, -0.2) is 4.79 Å². The van der Waals surface area contributed by atoms with E-state index in [0.717, 1.165) is 43.8 Å². The number of aromatic nitrogens is 1. The molecule has 0 amide bonds. The molecular formula is C24H37N3O8. The van der Waals surface area contributed by atoms with Crippen LogP contribution in [-0.4, -0.2) is 91.7 Å². The first-order valence-electron chi connectivity index (χ1n) is 11.3. The van der Waals surface area contributed by atoms with Gasteiger partial charge >= 0.3 is 17.9 Å². The molecule has 0 radical (unpaired) electrons. The predicted octanol–water partition coefficient (Wildman–Crippen LogP) is 2.13. The second-order valence-corrected chi connectivity index (χ2v) is 7.48. The monoisotopic (exact) mass is 495 g/mol. The zero-order valence-electron chi connectivity index (χ0n) is 20.5. The van der Waals surface area contributed by atoms with E-state index in [0.29, 0.717) is 0 Å². The molecule has 1 aromatic heterocycles. The smallest absolute Gasteiger partial charge is 0.336 e. The van der Waals surface area contributed by atoms with Crippen LogP contribution in [0.2, 0.25) is 0 Å². The number of benzene rings is 1. The average molecular weight is 496 g/mol. The third-order valence-electron chi connectivity index (χ3n) is 4.78. The fraction of sp³-hybridized carbons (Fsp3) is 0.500. The van der Waals surface area contributed by atoms with Crippen molar-refractivity contribution >= 4 is 34.5 Å². The van der Waals surface area contributed by atoms with E-state index >= 15 is 0 Å². The van der Waals surface area contributed by atoms with Crippen LogP contribution in [0.25, 0.3) is 10.9 Å². The lowest BCUT2D eigenvalue weighted by Gasteiger charge is -2.18. The standard InChI is InChI=1S/C16H23N3.C6H8O7.C2H6O/c1-3-19(4-2)13-7-12-17-15-10-5-8-14-9-6-11-18-16(14)15;7-3(8)1-6(13,5(11)12)2-4(9)10;1-2-3/h5-6,8-11,17H,3-4,7,12-13H2,1-2H3;13H,1-2H2,(H,7,8)(H,9,10)(H,11,12);3H,2H2,1H3. The number of aliphatic hydroxyl groups excluding tert-OH is 1. The van der Waals surface area contributed by atoms with Gasteiger partial charge in [0.2, 0.25) is 0 Å². The van der Waals surface area contributed by atoms with E-state index in [1.165, 1.54) is 5.39 Å². The van der Waals surface area contributed by atoms with Crippen LogP contribution >= 0.6 is 0 Å². The zero-order valence-corrected chi connectivity index (χ0v) is 20.5. The molecule has 0 bridgehead atoms. The van der Waals surface area contributed by atoms with Crippen LogP contribution in [0.4, 0.5) is 5.69 Å². The molecule has 6 N–H and O–H groups in total. The van der Waals surface area contributed by atoms with Gasteiger partial charge in [-0.3, -0.25) is 14.6 Å². The van der Waals surface area contributed by atoms with Gasteiger partial charge in [-0.1, -0.05) is 32.0 Å². The third-order valence-corrected chi connectivity index (χ3v) is 4.78. The number of aliphatic carboxylic acids is 3. The summed E-state index contributed by atoms with van der Waals surface area (Å²) in [6, 6.07) is 10.4. The number of nitrogens with one attached hydrogen (secondary N) is 1. The minimum absolute atomic E-state index is 0.250. The third kappa shape index (κ3) is 12.7. The summed E-state index contributed by atoms with van der Waals surface area (Å²) in [5, 5.41) is 46.1. The van der Waals surface area contributed by atoms with Gasteiger partial charge in [0.25, 0.3) is 0 Å². The Balaban J connectivity index is 0.000000632. The average Bonchev–Trinajstić information content (AvgIpc) is 2.79. The topological polar surface area (TPSA) is 181 Å². The number of carboxylic acid groups (broad SMARTS) is 3. The maximum absolute atomic E-state index is 10.3. The number of hydrogen-bond donors (Lipinski definition) is 6. The number of fused-ring (bicyclic) bond motifs is 1. The Morgan fingerprint density at radius 3 is 2.00 bits per heavy atom. The Bertz CT molecular complexity index is 897. The highest BCUT2D eigenvalue weighted by molar-refractivity contribution is 5.90. The summed E-state index contributed by atoms with van der Waals surface area (Å²) in [5.74, 6) is -5.02. The van der Waals surface area contributed by atoms with E-state index in [-0.39, 0.29) is 6.61 Å². The van der Waals surface area contributed by atoms with Crippen molar-refractivity contribution in [2.24, 2.45) is 0 Å². The van der Waals surface area contributed by atoms with Crippen molar-refractivity contribution in [2.45, 2.75) is 45.6 Å². The molecule has 35 heavy (non-hydrogen) atoms. The Morgan fingerprint density at radius 2 is 1.51 bits per heavy atom. The fourth-order valence-corrected chi connectivity index (χ4v) is 3.03. The molecule has 0 unspecified atom stereocenters. The van der Waals surface area contributed by atoms with Gasteiger partial charge in [0, 0.05) is 24.7 Å². The van der Waals surface area contributed by atoms with Gasteiger partial charge in [-0.15, -0.1) is 0 Å². The SMILES string of the molecule is CCN(CC)CCCNc1cccc2cccnc12.CCO.O=C(O)CC(O)(CC(=O)O)C(=O)O. The lowest BCUT2D eigenvalue weighted by atomic mass is 9.96. The Hall–Kier alpha value is -3.28. The van der Waals surface area contributed by atoms with Gasteiger partial charge < -0.3 is 35.7 Å². The van der Waals surface area contributed by atoms with Crippen molar-refractivity contribution in [3.63, 3.8) is 0 Å². The van der Waals surface area contributed by atoms with Crippen LogP contribution in [0.1, 0.15) is 40.0 Å². The van der Waals surface area contributed by atoms with Gasteiger partial charge in [0.05, 0.1) is 24.0 Å². The molecule has 0 aliphatic rings. The molecule has 1 aromatic carbocycles. The summed E-state index contributed by atoms with van der Waals surface area (Å²) in [4.78, 5) is 37.4. The number of carbonyl (C=O) groups is 3. The van der Waals surface area contributed by atoms with Crippen molar-refractivity contribution in [3.05, 3.63) is 36.5 Å². The molecule has 0 saturated heterocycles. The number of rotatable bonds is 12. The Labute approximate surface area is 205 Å². The maximum atomic E-state index is 10.3. The molecule has 0 aliphatic heterocycles. The van der Waals surface area contributed by atoms with E-state index in [2.05, 4.69) is 53.3 Å². The number of hydrogen-bond acceptors (Lipinski definition) is 8. The summed E-state index contributed by atoms with van der Waals surface area (Å²) in [6.45, 7) is 10.8. The van der Waals surface area contributed by atoms with Crippen LogP contribution in [0, 0.1) is 0 Å². The normalized spacial score (nSPS) is 10.6. The lowest BCUT2D eigenvalue weighted by molar-refractivity contribution is -0.170. The molecule has 0 atom stereocenters. The van der Waals surface area contributed by atoms with E-state index in [9.17, 15) is 14.4 Å². The molecule has 11 heteroatoms. The second kappa shape index (κ2) is 17.2. The highest BCUT2D eigenvalue weighted by Crippen LogP contribution is 2.20. The summed E-state index contributed by atoms with van der Waals surface area (Å²) >= 11 is 0. The number of aliphatic hydroxyl groups is 2. The van der Waals surface area contributed by atoms with E-state index in [1.54, 1.807) is 6.92 Å². The molecule has 0 saturated carbocycles. The van der Waals surface area contributed by atoms with E-state index in [4.69, 9.17) is 25.5 Å². The number of anilines is 1. The Kier molecular flexibility index (Phi) is 15.6. The molecule has 0 aliphatic carbocycles. The fourth-order valence-electron chi connectivity index (χ4n) is 3.03. The van der Waals surface area contributed by atoms with Gasteiger partial charge in [0.1, 0.15) is 0 Å². The van der Waals surface area contributed by atoms with Crippen LogP contribution in [0.5, 0.6) is 0 Å². The van der Waals surface area contributed by atoms with Crippen molar-refractivity contribution in [1.82, 2.24) is 9.88 Å². The first-order chi connectivity index (χ1) is 16.5. The molecule has 0 spiro atoms. The van der Waals surface area contributed by atoms with Gasteiger partial charge in [-0.05, 0) is 45.1 Å². The highest BCUT2D eigenvalue weighted by atomic mass is 16.4. The molecule has 1 heterocycles. The quantitative estimate of drug-likeness (QED) is 0.237. The predicted molar refractivity (Wildman–Crippen MR) is 132 cm³/mol. The number of para-hydroxylation sites is 1. The minimum atomic E-state index is -2.74. The number of pyridine rings is 1. The van der Waals surface area contributed by atoms with Crippen molar-refractivity contribution in [1.29, 1.82) is 0 Å². The summed E-state index contributed by atoms with van der Waals surface area (Å²) in [5.41, 5.74) is -0.539. The maximum Gasteiger partial charge on any atom is 0.336 e. The van der Waals surface area contributed by atoms with E-state index < -0.39 is 36.4 Å². The number of nitrogens with zero attached hydrogens (tertiary/aromatic N) is 2. The van der Waals surface area contributed by atoms with Crippen LogP contribution in [-0.2, 0) is 14.4 Å². The molecule has 196 valence electrons. The highest BCUT2D eigenvalue weighted by Gasteiger charge is 2.40. The van der Waals surface area contributed by atoms with Crippen molar-refractivity contribution in [3.8, 4) is 0 Å². The van der Waals surface area contributed by atoms with E-state index in [1.807, 2.05) is 12.3 Å². The largest absolute Gasteiger partial charge is 0.481 e. The molecular weight excluding hydrogens is 458 g/mol. The van der Waals surface area contributed by atoms with Crippen LogP contribution < -0.4 is 5.32 Å².